The van der Waals surface area contributed by atoms with E-state index in [1.165, 1.54) is 11.1 Å². The molecule has 6 heteroatoms. The molecule has 146 valence electrons. The number of urea groups is 1. The molecule has 0 radical (unpaired) electrons. The first kappa shape index (κ1) is 19.7. The molecule has 2 heterocycles. The van der Waals surface area contributed by atoms with Crippen LogP contribution in [0.3, 0.4) is 0 Å². The highest BCUT2D eigenvalue weighted by molar-refractivity contribution is 7.07. The third kappa shape index (κ3) is 6.56. The monoisotopic (exact) mass is 387 g/mol. The molecule has 0 unspecified atom stereocenters. The highest BCUT2D eigenvalue weighted by Crippen LogP contribution is 2.19. The molecular weight excluding hydrogens is 358 g/mol. The van der Waals surface area contributed by atoms with E-state index >= 15 is 0 Å². The lowest BCUT2D eigenvalue weighted by atomic mass is 9.96. The quantitative estimate of drug-likeness (QED) is 0.729. The highest BCUT2D eigenvalue weighted by atomic mass is 32.1. The van der Waals surface area contributed by atoms with Gasteiger partial charge in [0, 0.05) is 19.6 Å². The second-order valence-corrected chi connectivity index (χ2v) is 7.87. The molecule has 1 aliphatic rings. The predicted molar refractivity (Wildman–Crippen MR) is 110 cm³/mol. The molecule has 0 spiro atoms. The molecule has 1 aliphatic heterocycles. The van der Waals surface area contributed by atoms with Crippen molar-refractivity contribution in [3.63, 3.8) is 0 Å². The van der Waals surface area contributed by atoms with Crippen LogP contribution in [0.5, 0.6) is 5.75 Å². The van der Waals surface area contributed by atoms with Crippen molar-refractivity contribution in [3.05, 3.63) is 52.2 Å². The minimum absolute atomic E-state index is 0.0655. The Balaban J connectivity index is 1.27. The number of benzene rings is 1. The zero-order chi connectivity index (χ0) is 18.9. The Morgan fingerprint density at radius 1 is 1.15 bits per heavy atom. The number of carbonyl (C=O) groups excluding carboxylic acids is 1. The van der Waals surface area contributed by atoms with Crippen molar-refractivity contribution in [3.8, 4) is 5.75 Å². The van der Waals surface area contributed by atoms with Gasteiger partial charge in [0.1, 0.15) is 5.75 Å². The fraction of sp³-hybridized carbons (Fsp3) is 0.476. The Labute approximate surface area is 165 Å². The van der Waals surface area contributed by atoms with Crippen LogP contribution >= 0.6 is 11.3 Å². The van der Waals surface area contributed by atoms with E-state index in [1.807, 2.05) is 24.3 Å². The van der Waals surface area contributed by atoms with E-state index in [4.69, 9.17) is 4.74 Å². The molecule has 2 amide bonds. The molecular formula is C21H29N3O2S. The number of likely N-dealkylation sites (tertiary alicyclic amines) is 1. The van der Waals surface area contributed by atoms with Crippen LogP contribution in [0.25, 0.3) is 0 Å². The molecule has 5 nitrogen and oxygen atoms in total. The van der Waals surface area contributed by atoms with Crippen LogP contribution in [0.15, 0.2) is 41.1 Å². The van der Waals surface area contributed by atoms with Gasteiger partial charge in [-0.3, -0.25) is 4.90 Å². The smallest absolute Gasteiger partial charge is 0.314 e. The van der Waals surface area contributed by atoms with E-state index in [9.17, 15) is 4.79 Å². The fourth-order valence-corrected chi connectivity index (χ4v) is 4.06. The van der Waals surface area contributed by atoms with Gasteiger partial charge in [-0.05, 0) is 78.4 Å². The molecule has 0 bridgehead atoms. The Hall–Kier alpha value is -2.05. The maximum atomic E-state index is 12.0. The number of amides is 2. The maximum absolute atomic E-state index is 12.0. The number of hydrogen-bond donors (Lipinski definition) is 2. The van der Waals surface area contributed by atoms with Crippen LogP contribution in [-0.2, 0) is 13.0 Å². The molecule has 2 N–H and O–H groups in total. The summed E-state index contributed by atoms with van der Waals surface area (Å²) in [5, 5.41) is 10.3. The summed E-state index contributed by atoms with van der Waals surface area (Å²) in [5.41, 5.74) is 2.60. The van der Waals surface area contributed by atoms with Crippen LogP contribution in [-0.4, -0.2) is 44.2 Å². The van der Waals surface area contributed by atoms with Crippen LogP contribution in [0, 0.1) is 5.92 Å². The number of ether oxygens (including phenoxy) is 1. The van der Waals surface area contributed by atoms with Crippen molar-refractivity contribution < 1.29 is 9.53 Å². The largest absolute Gasteiger partial charge is 0.497 e. The van der Waals surface area contributed by atoms with Gasteiger partial charge < -0.3 is 15.4 Å². The van der Waals surface area contributed by atoms with Gasteiger partial charge in [-0.2, -0.15) is 11.3 Å². The van der Waals surface area contributed by atoms with Gasteiger partial charge >= 0.3 is 6.03 Å². The molecule has 0 aliphatic carbocycles. The fourth-order valence-electron chi connectivity index (χ4n) is 3.40. The normalized spacial score (nSPS) is 15.4. The number of methoxy groups -OCH3 is 1. The Kier molecular flexibility index (Phi) is 7.54. The van der Waals surface area contributed by atoms with Crippen molar-refractivity contribution in [1.29, 1.82) is 0 Å². The second-order valence-electron chi connectivity index (χ2n) is 7.09. The first-order chi connectivity index (χ1) is 13.2. The summed E-state index contributed by atoms with van der Waals surface area (Å²) in [5.74, 6) is 1.43. The standard InChI is InChI=1S/C21H29N3O2S/c1-26-20-4-2-17(3-5-20)6-10-22-21(25)23-14-18-7-11-24(12-8-18)15-19-9-13-27-16-19/h2-5,9,13,16,18H,6-8,10-12,14-15H2,1H3,(H2,22,23,25). The van der Waals surface area contributed by atoms with Crippen molar-refractivity contribution in [1.82, 2.24) is 15.5 Å². The molecule has 0 saturated carbocycles. The van der Waals surface area contributed by atoms with E-state index in [0.717, 1.165) is 51.2 Å². The average molecular weight is 388 g/mol. The van der Waals surface area contributed by atoms with Gasteiger partial charge in [0.05, 0.1) is 7.11 Å². The van der Waals surface area contributed by atoms with E-state index in [-0.39, 0.29) is 6.03 Å². The van der Waals surface area contributed by atoms with Crippen LogP contribution in [0.2, 0.25) is 0 Å². The van der Waals surface area contributed by atoms with Gasteiger partial charge in [0.15, 0.2) is 0 Å². The summed E-state index contributed by atoms with van der Waals surface area (Å²) in [6, 6.07) is 10.1. The molecule has 0 atom stereocenters. The summed E-state index contributed by atoms with van der Waals surface area (Å²) in [6.07, 6.45) is 3.12. The minimum Gasteiger partial charge on any atom is -0.497 e. The lowest BCUT2D eigenvalue weighted by Crippen LogP contribution is -2.42. The van der Waals surface area contributed by atoms with Crippen molar-refractivity contribution in [2.75, 3.05) is 33.3 Å². The molecule has 1 aromatic carbocycles. The number of piperidine rings is 1. The Morgan fingerprint density at radius 3 is 2.59 bits per heavy atom. The number of carbonyl (C=O) groups is 1. The van der Waals surface area contributed by atoms with Crippen LogP contribution in [0.1, 0.15) is 24.0 Å². The third-order valence-corrected chi connectivity index (χ3v) is 5.84. The average Bonchev–Trinajstić information content (AvgIpc) is 3.21. The number of hydrogen-bond acceptors (Lipinski definition) is 4. The molecule has 2 aromatic rings. The van der Waals surface area contributed by atoms with E-state index < -0.39 is 0 Å². The zero-order valence-electron chi connectivity index (χ0n) is 15.9. The molecule has 3 rings (SSSR count). The number of rotatable bonds is 8. The van der Waals surface area contributed by atoms with Gasteiger partial charge in [-0.15, -0.1) is 0 Å². The van der Waals surface area contributed by atoms with Crippen molar-refractivity contribution >= 4 is 17.4 Å². The van der Waals surface area contributed by atoms with Gasteiger partial charge in [0.25, 0.3) is 0 Å². The predicted octanol–water partition coefficient (Wildman–Crippen LogP) is 3.51. The van der Waals surface area contributed by atoms with Crippen molar-refractivity contribution in [2.45, 2.75) is 25.8 Å². The van der Waals surface area contributed by atoms with E-state index in [0.29, 0.717) is 12.5 Å². The molecule has 1 aromatic heterocycles. The van der Waals surface area contributed by atoms with Gasteiger partial charge in [0.2, 0.25) is 0 Å². The van der Waals surface area contributed by atoms with Crippen LogP contribution in [0.4, 0.5) is 4.79 Å². The summed E-state index contributed by atoms with van der Waals surface area (Å²) < 4.78 is 5.15. The van der Waals surface area contributed by atoms with Crippen molar-refractivity contribution in [2.24, 2.45) is 5.92 Å². The molecule has 1 saturated heterocycles. The summed E-state index contributed by atoms with van der Waals surface area (Å²) >= 11 is 1.76. The second kappa shape index (κ2) is 10.3. The van der Waals surface area contributed by atoms with Gasteiger partial charge in [-0.1, -0.05) is 12.1 Å². The van der Waals surface area contributed by atoms with Crippen LogP contribution < -0.4 is 15.4 Å². The van der Waals surface area contributed by atoms with Gasteiger partial charge in [-0.25, -0.2) is 4.79 Å². The zero-order valence-corrected chi connectivity index (χ0v) is 16.8. The topological polar surface area (TPSA) is 53.6 Å². The number of nitrogens with zero attached hydrogens (tertiary/aromatic N) is 1. The first-order valence-electron chi connectivity index (χ1n) is 9.61. The van der Waals surface area contributed by atoms with E-state index in [2.05, 4.69) is 32.4 Å². The SMILES string of the molecule is COc1ccc(CCNC(=O)NCC2CCN(Cc3ccsc3)CC2)cc1. The minimum atomic E-state index is -0.0655. The number of thiophene rings is 1. The Bertz CT molecular complexity index is 680. The summed E-state index contributed by atoms with van der Waals surface area (Å²) in [6.45, 7) is 4.68. The highest BCUT2D eigenvalue weighted by Gasteiger charge is 2.19. The summed E-state index contributed by atoms with van der Waals surface area (Å²) in [4.78, 5) is 14.5. The maximum Gasteiger partial charge on any atom is 0.314 e. The lowest BCUT2D eigenvalue weighted by Gasteiger charge is -2.31. The summed E-state index contributed by atoms with van der Waals surface area (Å²) in [7, 11) is 1.66. The number of nitrogens with one attached hydrogen (secondary N) is 2. The Morgan fingerprint density at radius 2 is 1.93 bits per heavy atom. The lowest BCUT2D eigenvalue weighted by molar-refractivity contribution is 0.175. The first-order valence-corrected chi connectivity index (χ1v) is 10.6. The van der Waals surface area contributed by atoms with E-state index in [1.54, 1.807) is 18.4 Å². The molecule has 27 heavy (non-hydrogen) atoms. The molecule has 1 fully saturated rings. The third-order valence-electron chi connectivity index (χ3n) is 5.10.